The van der Waals surface area contributed by atoms with Crippen LogP contribution in [0.1, 0.15) is 26.7 Å². The van der Waals surface area contributed by atoms with Gasteiger partial charge in [-0.3, -0.25) is 4.79 Å². The van der Waals surface area contributed by atoms with Gasteiger partial charge in [-0.25, -0.2) is 13.1 Å². The van der Waals surface area contributed by atoms with E-state index in [2.05, 4.69) is 15.4 Å². The highest BCUT2D eigenvalue weighted by atomic mass is 35.5. The number of hydrogen-bond acceptors (Lipinski definition) is 4. The lowest BCUT2D eigenvalue weighted by molar-refractivity contribution is -0.114. The van der Waals surface area contributed by atoms with Crippen LogP contribution >= 0.6 is 12.4 Å². The van der Waals surface area contributed by atoms with Crippen LogP contribution in [0.3, 0.4) is 0 Å². The number of rotatable bonds is 4. The zero-order valence-electron chi connectivity index (χ0n) is 14.8. The molecule has 0 bridgehead atoms. The van der Waals surface area contributed by atoms with Gasteiger partial charge in [-0.05, 0) is 38.4 Å². The Morgan fingerprint density at radius 3 is 2.50 bits per heavy atom. The fraction of sp³-hybridized carbons (Fsp3) is 0.389. The molecule has 3 N–H and O–H groups in total. The van der Waals surface area contributed by atoms with E-state index in [0.717, 1.165) is 19.4 Å². The summed E-state index contributed by atoms with van der Waals surface area (Å²) in [6, 6.07) is 10.3. The number of amides is 1. The largest absolute Gasteiger partial charge is 0.326 e. The number of nitrogens with one attached hydrogen (secondary N) is 3. The van der Waals surface area contributed by atoms with Gasteiger partial charge in [0.1, 0.15) is 0 Å². The number of halogens is 1. The summed E-state index contributed by atoms with van der Waals surface area (Å²) in [7, 11) is -3.67. The second-order valence-electron chi connectivity index (χ2n) is 6.45. The zero-order chi connectivity index (χ0) is 18.0. The molecular formula is C18H24ClN3O3S. The molecule has 3 rings (SSSR count). The minimum absolute atomic E-state index is 0. The van der Waals surface area contributed by atoms with E-state index in [1.165, 1.54) is 6.92 Å². The second kappa shape index (κ2) is 8.35. The van der Waals surface area contributed by atoms with E-state index >= 15 is 0 Å². The number of carbonyl (C=O) groups is 1. The lowest BCUT2D eigenvalue weighted by Gasteiger charge is -2.30. The maximum absolute atomic E-state index is 13.0. The molecule has 1 aliphatic rings. The van der Waals surface area contributed by atoms with Crippen molar-refractivity contribution in [2.45, 2.75) is 43.7 Å². The van der Waals surface area contributed by atoms with Crippen molar-refractivity contribution in [3.63, 3.8) is 0 Å². The first-order chi connectivity index (χ1) is 11.9. The summed E-state index contributed by atoms with van der Waals surface area (Å²) in [5.74, 6) is -0.194. The maximum atomic E-state index is 13.0. The van der Waals surface area contributed by atoms with Gasteiger partial charge < -0.3 is 10.6 Å². The first-order valence-corrected chi connectivity index (χ1v) is 9.92. The standard InChI is InChI=1S/C18H23N3O3S.ClH/c1-12-16(8-5-11-19-12)21-25(23,24)18-10-9-17(20-13(2)22)14-6-3-4-7-15(14)18;/h3-4,6-7,9-10,12,16,19,21H,5,8,11H2,1-2H3,(H,20,22);1H. The number of hydrogen-bond donors (Lipinski definition) is 3. The van der Waals surface area contributed by atoms with Crippen LogP contribution in [0, 0.1) is 0 Å². The predicted molar refractivity (Wildman–Crippen MR) is 106 cm³/mol. The molecule has 0 saturated carbocycles. The third-order valence-corrected chi connectivity index (χ3v) is 6.10. The summed E-state index contributed by atoms with van der Waals surface area (Å²) in [5, 5.41) is 7.35. The molecule has 1 fully saturated rings. The van der Waals surface area contributed by atoms with Crippen molar-refractivity contribution >= 4 is 44.8 Å². The fourth-order valence-corrected chi connectivity index (χ4v) is 4.83. The van der Waals surface area contributed by atoms with Gasteiger partial charge in [0.25, 0.3) is 0 Å². The Kier molecular flexibility index (Phi) is 6.63. The summed E-state index contributed by atoms with van der Waals surface area (Å²) in [6.07, 6.45) is 1.76. The third kappa shape index (κ3) is 4.35. The second-order valence-corrected chi connectivity index (χ2v) is 8.13. The van der Waals surface area contributed by atoms with E-state index in [0.29, 0.717) is 16.5 Å². The van der Waals surface area contributed by atoms with Crippen LogP contribution in [-0.4, -0.2) is 33.0 Å². The van der Waals surface area contributed by atoms with E-state index in [4.69, 9.17) is 0 Å². The molecule has 1 aliphatic heterocycles. The number of fused-ring (bicyclic) bond motifs is 1. The van der Waals surface area contributed by atoms with Crippen molar-refractivity contribution in [2.75, 3.05) is 11.9 Å². The number of anilines is 1. The topological polar surface area (TPSA) is 87.3 Å². The lowest BCUT2D eigenvalue weighted by Crippen LogP contribution is -2.51. The first kappa shape index (κ1) is 20.6. The summed E-state index contributed by atoms with van der Waals surface area (Å²) in [4.78, 5) is 11.6. The van der Waals surface area contributed by atoms with E-state index in [1.54, 1.807) is 24.3 Å². The van der Waals surface area contributed by atoms with Crippen LogP contribution in [0.15, 0.2) is 41.3 Å². The Labute approximate surface area is 160 Å². The van der Waals surface area contributed by atoms with Gasteiger partial charge in [0.05, 0.1) is 4.90 Å². The van der Waals surface area contributed by atoms with Crippen molar-refractivity contribution in [3.8, 4) is 0 Å². The molecular weight excluding hydrogens is 374 g/mol. The van der Waals surface area contributed by atoms with Crippen molar-refractivity contribution in [1.29, 1.82) is 0 Å². The average molecular weight is 398 g/mol. The Bertz CT molecular complexity index is 902. The Morgan fingerprint density at radius 2 is 1.85 bits per heavy atom. The molecule has 2 atom stereocenters. The van der Waals surface area contributed by atoms with Crippen molar-refractivity contribution in [1.82, 2.24) is 10.0 Å². The van der Waals surface area contributed by atoms with Crippen molar-refractivity contribution in [2.24, 2.45) is 0 Å². The quantitative estimate of drug-likeness (QED) is 0.740. The molecule has 0 radical (unpaired) electrons. The fourth-order valence-electron chi connectivity index (χ4n) is 3.27. The van der Waals surface area contributed by atoms with Gasteiger partial charge in [0.2, 0.25) is 15.9 Å². The molecule has 0 spiro atoms. The molecule has 1 heterocycles. The highest BCUT2D eigenvalue weighted by molar-refractivity contribution is 7.89. The SMILES string of the molecule is CC(=O)Nc1ccc(S(=O)(=O)NC2CCCNC2C)c2ccccc12.Cl. The molecule has 8 heteroatoms. The van der Waals surface area contributed by atoms with Crippen LogP contribution in [0.2, 0.25) is 0 Å². The lowest BCUT2D eigenvalue weighted by atomic mass is 10.0. The molecule has 142 valence electrons. The number of sulfonamides is 1. The predicted octanol–water partition coefficient (Wildman–Crippen LogP) is 2.64. The van der Waals surface area contributed by atoms with Gasteiger partial charge in [-0.1, -0.05) is 24.3 Å². The van der Waals surface area contributed by atoms with Crippen molar-refractivity contribution < 1.29 is 13.2 Å². The molecule has 0 aliphatic carbocycles. The summed E-state index contributed by atoms with van der Waals surface area (Å²) in [5.41, 5.74) is 0.606. The zero-order valence-corrected chi connectivity index (χ0v) is 16.4. The Morgan fingerprint density at radius 1 is 1.15 bits per heavy atom. The van der Waals surface area contributed by atoms with E-state index in [-0.39, 0.29) is 35.3 Å². The number of carbonyl (C=O) groups excluding carboxylic acids is 1. The number of benzene rings is 2. The van der Waals surface area contributed by atoms with Gasteiger partial charge in [0.15, 0.2) is 0 Å². The first-order valence-electron chi connectivity index (χ1n) is 8.43. The van der Waals surface area contributed by atoms with Gasteiger partial charge in [-0.2, -0.15) is 0 Å². The molecule has 2 unspecified atom stereocenters. The molecule has 6 nitrogen and oxygen atoms in total. The van der Waals surface area contributed by atoms with Crippen LogP contribution < -0.4 is 15.4 Å². The molecule has 2 aromatic carbocycles. The highest BCUT2D eigenvalue weighted by Gasteiger charge is 2.27. The molecule has 2 aromatic rings. The molecule has 1 amide bonds. The van der Waals surface area contributed by atoms with Gasteiger partial charge in [-0.15, -0.1) is 12.4 Å². The van der Waals surface area contributed by atoms with Gasteiger partial charge >= 0.3 is 0 Å². The molecule has 0 aromatic heterocycles. The number of piperidine rings is 1. The van der Waals surface area contributed by atoms with Crippen molar-refractivity contribution in [3.05, 3.63) is 36.4 Å². The summed E-state index contributed by atoms with van der Waals surface area (Å²) >= 11 is 0. The minimum atomic E-state index is -3.67. The van der Waals surface area contributed by atoms with Crippen LogP contribution in [0.5, 0.6) is 0 Å². The summed E-state index contributed by atoms with van der Waals surface area (Å²) < 4.78 is 28.8. The monoisotopic (exact) mass is 397 g/mol. The highest BCUT2D eigenvalue weighted by Crippen LogP contribution is 2.30. The molecule has 1 saturated heterocycles. The normalized spacial score (nSPS) is 20.4. The molecule has 26 heavy (non-hydrogen) atoms. The Balaban J connectivity index is 0.00000243. The third-order valence-electron chi connectivity index (χ3n) is 4.55. The smallest absolute Gasteiger partial charge is 0.241 e. The average Bonchev–Trinajstić information content (AvgIpc) is 2.56. The van der Waals surface area contributed by atoms with Crippen LogP contribution in [0.25, 0.3) is 10.8 Å². The maximum Gasteiger partial charge on any atom is 0.241 e. The Hall–Kier alpha value is -1.67. The van der Waals surface area contributed by atoms with E-state index in [1.807, 2.05) is 19.1 Å². The van der Waals surface area contributed by atoms with Crippen LogP contribution in [-0.2, 0) is 14.8 Å². The van der Waals surface area contributed by atoms with Gasteiger partial charge in [0, 0.05) is 35.5 Å². The van der Waals surface area contributed by atoms with E-state index < -0.39 is 10.0 Å². The minimum Gasteiger partial charge on any atom is -0.326 e. The van der Waals surface area contributed by atoms with Crippen LogP contribution in [0.4, 0.5) is 5.69 Å². The summed E-state index contributed by atoms with van der Waals surface area (Å²) in [6.45, 7) is 4.33. The van der Waals surface area contributed by atoms with E-state index in [9.17, 15) is 13.2 Å².